The normalized spacial score (nSPS) is 20.3. The van der Waals surface area contributed by atoms with Crippen LogP contribution in [0.25, 0.3) is 0 Å². The maximum absolute atomic E-state index is 14.0. The van der Waals surface area contributed by atoms with Crippen LogP contribution in [-0.2, 0) is 26.0 Å². The van der Waals surface area contributed by atoms with Gasteiger partial charge >= 0.3 is 5.97 Å². The molecule has 1 unspecified atom stereocenters. The minimum Gasteiger partial charge on any atom is -0.489 e. The Morgan fingerprint density at radius 3 is 2.46 bits per heavy atom. The number of carbonyl (C=O) groups excluding carboxylic acids is 2. The van der Waals surface area contributed by atoms with E-state index in [0.29, 0.717) is 53.5 Å². The number of aryl methyl sites for hydroxylation is 1. The number of rotatable bonds is 11. The third-order valence-electron chi connectivity index (χ3n) is 9.88. The number of benzene rings is 1. The summed E-state index contributed by atoms with van der Waals surface area (Å²) < 4.78 is 67.2. The van der Waals surface area contributed by atoms with Crippen LogP contribution in [0.5, 0.6) is 5.75 Å². The Kier molecular flexibility index (Phi) is 9.71. The number of halogens is 2. The van der Waals surface area contributed by atoms with Crippen LogP contribution in [0.3, 0.4) is 0 Å². The van der Waals surface area contributed by atoms with Crippen LogP contribution < -0.4 is 30.3 Å². The summed E-state index contributed by atoms with van der Waals surface area (Å²) in [5, 5.41) is 2.93. The van der Waals surface area contributed by atoms with Crippen molar-refractivity contribution < 1.29 is 36.3 Å². The molecule has 4 aliphatic rings. The third kappa shape index (κ3) is 7.94. The fraction of sp³-hybridized carbons (Fsp3) is 0.606. The van der Waals surface area contributed by atoms with Gasteiger partial charge in [-0.15, -0.1) is 0 Å². The van der Waals surface area contributed by atoms with Crippen molar-refractivity contribution in [2.45, 2.75) is 76.7 Å². The van der Waals surface area contributed by atoms with Crippen molar-refractivity contribution in [2.24, 2.45) is 11.1 Å². The van der Waals surface area contributed by atoms with Gasteiger partial charge in [0.15, 0.2) is 11.6 Å². The number of hydrogen-bond acceptors (Lipinski definition) is 10. The lowest BCUT2D eigenvalue weighted by atomic mass is 9.93. The average molecular weight is 691 g/mol. The Labute approximate surface area is 279 Å². The number of nitrogens with one attached hydrogen (secondary N) is 2. The Balaban J connectivity index is 1.22. The number of alkyl halides is 2. The number of ether oxygens (including phenoxy) is 2. The molecule has 3 aliphatic heterocycles. The molecule has 1 aliphatic carbocycles. The molecule has 15 heteroatoms. The van der Waals surface area contributed by atoms with Gasteiger partial charge in [0.2, 0.25) is 10.0 Å². The van der Waals surface area contributed by atoms with Gasteiger partial charge in [-0.25, -0.2) is 22.2 Å². The van der Waals surface area contributed by atoms with E-state index < -0.39 is 39.6 Å². The van der Waals surface area contributed by atoms with Crippen LogP contribution in [0.4, 0.5) is 31.8 Å². The molecule has 1 aromatic carbocycles. The first-order valence-corrected chi connectivity index (χ1v) is 18.4. The number of anilines is 4. The summed E-state index contributed by atoms with van der Waals surface area (Å²) in [6.45, 7) is 3.59. The highest BCUT2D eigenvalue weighted by molar-refractivity contribution is 7.92. The molecule has 1 amide bonds. The first-order chi connectivity index (χ1) is 22.9. The fourth-order valence-electron chi connectivity index (χ4n) is 6.56. The van der Waals surface area contributed by atoms with Crippen molar-refractivity contribution in [2.75, 3.05) is 65.0 Å². The molecule has 12 nitrogen and oxygen atoms in total. The van der Waals surface area contributed by atoms with E-state index in [4.69, 9.17) is 20.2 Å². The summed E-state index contributed by atoms with van der Waals surface area (Å²) in [4.78, 5) is 34.4. The standard InChI is InChI=1S/C33H44F2N6O6S/c1-2-25(36)31(43)47-18-19-48(44,45)39-23-5-6-24(26(21-23)40-13-9-32(7-8-32)10-14-40)30(42)38-27-20-22-4-3-17-46-28(22)29(37-27)41-15-11-33(34,35)12-16-41/h5-6,20-21,25,39H,2-4,7-19,36H2,1H3,(H,37,38,42). The minimum atomic E-state index is -3.89. The molecular formula is C33H44F2N6O6S. The number of nitrogens with zero attached hydrogens (tertiary/aromatic N) is 3. The van der Waals surface area contributed by atoms with Crippen LogP contribution in [0.2, 0.25) is 0 Å². The van der Waals surface area contributed by atoms with E-state index in [2.05, 4.69) is 14.9 Å². The van der Waals surface area contributed by atoms with E-state index in [0.717, 1.165) is 37.9 Å². The molecule has 4 heterocycles. The molecule has 48 heavy (non-hydrogen) atoms. The molecule has 2 aromatic rings. The van der Waals surface area contributed by atoms with Gasteiger partial charge in [0.1, 0.15) is 24.2 Å². The molecule has 1 aromatic heterocycles. The zero-order valence-corrected chi connectivity index (χ0v) is 28.0. The maximum Gasteiger partial charge on any atom is 0.322 e. The fourth-order valence-corrected chi connectivity index (χ4v) is 7.45. The third-order valence-corrected chi connectivity index (χ3v) is 11.1. The van der Waals surface area contributed by atoms with Crippen molar-refractivity contribution in [3.8, 4) is 5.75 Å². The highest BCUT2D eigenvalue weighted by atomic mass is 32.2. The number of esters is 1. The lowest BCUT2D eigenvalue weighted by molar-refractivity contribution is -0.144. The number of fused-ring (bicyclic) bond motifs is 1. The van der Waals surface area contributed by atoms with Crippen LogP contribution in [-0.4, -0.2) is 82.4 Å². The van der Waals surface area contributed by atoms with Crippen molar-refractivity contribution in [3.05, 3.63) is 35.4 Å². The van der Waals surface area contributed by atoms with E-state index in [1.165, 1.54) is 18.9 Å². The SMILES string of the molecule is CCC(N)C(=O)OCCS(=O)(=O)Nc1ccc(C(=O)Nc2cc3c(c(N4CCC(F)(F)CC4)n2)OCCC3)c(N2CCC3(CC2)CC3)c1. The van der Waals surface area contributed by atoms with Crippen molar-refractivity contribution in [3.63, 3.8) is 0 Å². The molecule has 3 fully saturated rings. The molecule has 1 spiro atoms. The van der Waals surface area contributed by atoms with Gasteiger partial charge in [-0.1, -0.05) is 6.92 Å². The first kappa shape index (κ1) is 34.2. The lowest BCUT2D eigenvalue weighted by Crippen LogP contribution is -2.40. The molecular weight excluding hydrogens is 646 g/mol. The number of amides is 1. The molecule has 6 rings (SSSR count). The topological polar surface area (TPSA) is 156 Å². The maximum atomic E-state index is 14.0. The number of pyridine rings is 1. The van der Waals surface area contributed by atoms with Gasteiger partial charge in [0, 0.05) is 44.6 Å². The van der Waals surface area contributed by atoms with Crippen molar-refractivity contribution in [1.82, 2.24) is 4.98 Å². The Morgan fingerprint density at radius 1 is 1.06 bits per heavy atom. The second-order valence-electron chi connectivity index (χ2n) is 13.4. The largest absolute Gasteiger partial charge is 0.489 e. The van der Waals surface area contributed by atoms with Gasteiger partial charge in [0.05, 0.1) is 23.5 Å². The van der Waals surface area contributed by atoms with E-state index in [1.807, 2.05) is 0 Å². The van der Waals surface area contributed by atoms with Crippen LogP contribution >= 0.6 is 0 Å². The summed E-state index contributed by atoms with van der Waals surface area (Å²) in [6, 6.07) is 5.72. The average Bonchev–Trinajstić information content (AvgIpc) is 3.82. The predicted octanol–water partition coefficient (Wildman–Crippen LogP) is 4.30. The van der Waals surface area contributed by atoms with Crippen LogP contribution in [0.1, 0.15) is 74.2 Å². The number of hydrogen-bond donors (Lipinski definition) is 3. The second-order valence-corrected chi connectivity index (χ2v) is 15.2. The molecule has 1 saturated carbocycles. The zero-order chi connectivity index (χ0) is 34.1. The molecule has 0 radical (unpaired) electrons. The summed E-state index contributed by atoms with van der Waals surface area (Å²) in [7, 11) is -3.89. The molecule has 2 saturated heterocycles. The minimum absolute atomic E-state index is 0.125. The quantitative estimate of drug-likeness (QED) is 0.291. The Morgan fingerprint density at radius 2 is 1.77 bits per heavy atom. The highest BCUT2D eigenvalue weighted by Gasteiger charge is 2.45. The van der Waals surface area contributed by atoms with Gasteiger partial charge in [-0.3, -0.25) is 14.3 Å². The zero-order valence-electron chi connectivity index (χ0n) is 27.2. The summed E-state index contributed by atoms with van der Waals surface area (Å²) in [6.07, 6.45) is 5.68. The first-order valence-electron chi connectivity index (χ1n) is 16.8. The Hall–Kier alpha value is -3.72. The number of carbonyl (C=O) groups is 2. The molecule has 0 bridgehead atoms. The summed E-state index contributed by atoms with van der Waals surface area (Å²) >= 11 is 0. The number of aromatic nitrogens is 1. The van der Waals surface area contributed by atoms with Gasteiger partial charge in [-0.05, 0) is 74.6 Å². The lowest BCUT2D eigenvalue weighted by Gasteiger charge is -2.35. The van der Waals surface area contributed by atoms with Crippen molar-refractivity contribution in [1.29, 1.82) is 0 Å². The summed E-state index contributed by atoms with van der Waals surface area (Å²) in [5.41, 5.74) is 8.10. The van der Waals surface area contributed by atoms with E-state index in [9.17, 15) is 26.8 Å². The van der Waals surface area contributed by atoms with Gasteiger partial charge < -0.3 is 30.3 Å². The molecule has 1 atom stereocenters. The van der Waals surface area contributed by atoms with Gasteiger partial charge in [-0.2, -0.15) is 0 Å². The van der Waals surface area contributed by atoms with E-state index >= 15 is 0 Å². The van der Waals surface area contributed by atoms with Crippen LogP contribution in [0, 0.1) is 5.41 Å². The van der Waals surface area contributed by atoms with E-state index in [1.54, 1.807) is 30.0 Å². The Bertz CT molecular complexity index is 1630. The monoisotopic (exact) mass is 690 g/mol. The smallest absolute Gasteiger partial charge is 0.322 e. The van der Waals surface area contributed by atoms with Gasteiger partial charge in [0.25, 0.3) is 11.8 Å². The molecule has 4 N–H and O–H groups in total. The molecule has 262 valence electrons. The second kappa shape index (κ2) is 13.7. The van der Waals surface area contributed by atoms with Crippen molar-refractivity contribution >= 4 is 44.9 Å². The number of piperidine rings is 2. The van der Waals surface area contributed by atoms with E-state index in [-0.39, 0.29) is 38.2 Å². The van der Waals surface area contributed by atoms with Crippen LogP contribution in [0.15, 0.2) is 24.3 Å². The highest BCUT2D eigenvalue weighted by Crippen LogP contribution is 2.54. The summed E-state index contributed by atoms with van der Waals surface area (Å²) in [5.74, 6) is -2.93. The number of sulfonamides is 1. The predicted molar refractivity (Wildman–Crippen MR) is 179 cm³/mol. The number of nitrogens with two attached hydrogens (primary N) is 1.